The van der Waals surface area contributed by atoms with Gasteiger partial charge in [0, 0.05) is 30.0 Å². The molecule has 1 aromatic rings. The SMILES string of the molecule is CNCC(=O)N(CC(O)C12CCC3(C)C(CCC4C5(C)CCC(OC(=O)CC(C)(C)C(=O)O)C(C)(C)C5CCC43C)C1=C(C(C)C)C(=O)C2)C(C)c1ccc(Cl)cn1. The first-order valence-corrected chi connectivity index (χ1v) is 22.2. The molecule has 10 unspecified atom stereocenters. The van der Waals surface area contributed by atoms with Gasteiger partial charge in [0.25, 0.3) is 0 Å². The van der Waals surface area contributed by atoms with Crippen molar-refractivity contribution in [1.82, 2.24) is 15.2 Å². The van der Waals surface area contributed by atoms with Crippen LogP contribution in [0.25, 0.3) is 0 Å². The summed E-state index contributed by atoms with van der Waals surface area (Å²) in [7, 11) is 1.74. The Morgan fingerprint density at radius 2 is 1.67 bits per heavy atom. The smallest absolute Gasteiger partial charge is 0.309 e. The van der Waals surface area contributed by atoms with Crippen LogP contribution in [0.5, 0.6) is 0 Å². The number of likely N-dealkylation sites (N-methyl/N-ethyl adjacent to an activating group) is 1. The zero-order valence-electron chi connectivity index (χ0n) is 37.0. The topological polar surface area (TPSA) is 146 Å². The Morgan fingerprint density at radius 1 is 0.983 bits per heavy atom. The molecule has 1 amide bonds. The highest BCUT2D eigenvalue weighted by atomic mass is 35.5. The number of fused-ring (bicyclic) bond motifs is 7. The van der Waals surface area contributed by atoms with Crippen LogP contribution in [0, 0.1) is 56.2 Å². The third-order valence-corrected chi connectivity index (χ3v) is 17.4. The number of esters is 1. The highest BCUT2D eigenvalue weighted by Crippen LogP contribution is 2.77. The van der Waals surface area contributed by atoms with E-state index >= 15 is 0 Å². The van der Waals surface area contributed by atoms with Crippen molar-refractivity contribution in [1.29, 1.82) is 0 Å². The maximum Gasteiger partial charge on any atom is 0.309 e. The maximum atomic E-state index is 14.3. The molecule has 322 valence electrons. The van der Waals surface area contributed by atoms with Crippen LogP contribution >= 0.6 is 11.6 Å². The number of pyridine rings is 1. The Hall–Kier alpha value is -2.82. The summed E-state index contributed by atoms with van der Waals surface area (Å²) in [6.07, 6.45) is 7.66. The number of aliphatic carboxylic acids is 1. The van der Waals surface area contributed by atoms with Crippen molar-refractivity contribution < 1.29 is 34.1 Å². The number of aromatic nitrogens is 1. The van der Waals surface area contributed by atoms with Crippen LogP contribution in [0.3, 0.4) is 0 Å². The molecular weight excluding hydrogens is 754 g/mol. The molecule has 11 heteroatoms. The van der Waals surface area contributed by atoms with E-state index < -0.39 is 34.9 Å². The molecule has 5 aliphatic carbocycles. The standard InChI is InChI=1S/C47H70ClN3O7/c1-27(2)39-32(52)22-47(35(53)26-51(37(54)25-49-11)28(3)31-14-12-29(48)24-50-31)21-20-45(9)30(40(39)47)13-15-34-44(8)18-17-36(58-38(55)23-42(4,5)41(56)57)43(6,7)33(44)16-19-46(34,45)10/h12,14,24,27-28,30,33-36,49,53H,13,15-23,25-26H2,1-11H3,(H,56,57). The van der Waals surface area contributed by atoms with E-state index in [1.54, 1.807) is 38.1 Å². The molecule has 0 bridgehead atoms. The van der Waals surface area contributed by atoms with E-state index in [9.17, 15) is 29.4 Å². The van der Waals surface area contributed by atoms with Crippen LogP contribution in [-0.4, -0.2) is 76.1 Å². The summed E-state index contributed by atoms with van der Waals surface area (Å²) in [6, 6.07) is 3.17. The molecule has 0 aromatic carbocycles. The molecule has 10 nitrogen and oxygen atoms in total. The summed E-state index contributed by atoms with van der Waals surface area (Å²) < 4.78 is 6.18. The number of nitrogens with one attached hydrogen (secondary N) is 1. The Kier molecular flexibility index (Phi) is 12.0. The number of nitrogens with zero attached hydrogens (tertiary/aromatic N) is 2. The van der Waals surface area contributed by atoms with Gasteiger partial charge in [-0.15, -0.1) is 0 Å². The molecule has 1 aromatic heterocycles. The summed E-state index contributed by atoms with van der Waals surface area (Å²) >= 11 is 6.17. The van der Waals surface area contributed by atoms with E-state index in [2.05, 4.69) is 58.8 Å². The van der Waals surface area contributed by atoms with Crippen LogP contribution < -0.4 is 5.32 Å². The first kappa shape index (κ1) is 44.7. The Balaban J connectivity index is 1.31. The lowest BCUT2D eigenvalue weighted by molar-refractivity contribution is -0.235. The molecule has 0 radical (unpaired) electrons. The van der Waals surface area contributed by atoms with Crippen molar-refractivity contribution in [3.8, 4) is 0 Å². The number of ether oxygens (including phenoxy) is 1. The van der Waals surface area contributed by atoms with Gasteiger partial charge in [-0.05, 0) is 137 Å². The van der Waals surface area contributed by atoms with Crippen molar-refractivity contribution in [3.63, 3.8) is 0 Å². The van der Waals surface area contributed by atoms with E-state index in [-0.39, 0.29) is 77.2 Å². The number of amides is 1. The number of carbonyl (C=O) groups is 4. The van der Waals surface area contributed by atoms with Gasteiger partial charge in [-0.2, -0.15) is 0 Å². The molecular formula is C47H70ClN3O7. The van der Waals surface area contributed by atoms with Gasteiger partial charge in [0.2, 0.25) is 5.91 Å². The van der Waals surface area contributed by atoms with Gasteiger partial charge in [0.05, 0.1) is 41.2 Å². The summed E-state index contributed by atoms with van der Waals surface area (Å²) in [5.74, 6) is -0.583. The highest BCUT2D eigenvalue weighted by molar-refractivity contribution is 6.30. The third-order valence-electron chi connectivity index (χ3n) is 17.2. The minimum absolute atomic E-state index is 0.00252. The summed E-state index contributed by atoms with van der Waals surface area (Å²) in [6.45, 7) is 21.5. The number of halogens is 1. The lowest BCUT2D eigenvalue weighted by Crippen LogP contribution is -2.66. The number of aliphatic hydroxyl groups is 1. The predicted octanol–water partition coefficient (Wildman–Crippen LogP) is 8.60. The van der Waals surface area contributed by atoms with Crippen molar-refractivity contribution >= 4 is 35.2 Å². The second-order valence-electron chi connectivity index (χ2n) is 21.2. The van der Waals surface area contributed by atoms with E-state index in [1.807, 2.05) is 13.0 Å². The lowest BCUT2D eigenvalue weighted by Gasteiger charge is -2.72. The second kappa shape index (κ2) is 15.6. The van der Waals surface area contributed by atoms with Gasteiger partial charge in [0.15, 0.2) is 5.78 Å². The highest BCUT2D eigenvalue weighted by Gasteiger charge is 2.71. The van der Waals surface area contributed by atoms with E-state index in [4.69, 9.17) is 16.3 Å². The van der Waals surface area contributed by atoms with Crippen molar-refractivity contribution in [3.05, 3.63) is 40.2 Å². The number of hydrogen-bond donors (Lipinski definition) is 3. The zero-order valence-corrected chi connectivity index (χ0v) is 37.7. The van der Waals surface area contributed by atoms with E-state index in [1.165, 1.54) is 5.57 Å². The van der Waals surface area contributed by atoms with E-state index in [0.717, 1.165) is 50.5 Å². The second-order valence-corrected chi connectivity index (χ2v) is 21.7. The molecule has 5 aliphatic rings. The molecule has 4 fully saturated rings. The van der Waals surface area contributed by atoms with Crippen LogP contribution in [-0.2, 0) is 23.9 Å². The molecule has 0 saturated heterocycles. The van der Waals surface area contributed by atoms with Gasteiger partial charge in [-0.3, -0.25) is 24.2 Å². The largest absolute Gasteiger partial charge is 0.481 e. The number of carbonyl (C=O) groups excluding carboxylic acids is 3. The average Bonchev–Trinajstić information content (AvgIpc) is 3.45. The number of hydrogen-bond acceptors (Lipinski definition) is 8. The monoisotopic (exact) mass is 823 g/mol. The normalized spacial score (nSPS) is 35.3. The van der Waals surface area contributed by atoms with Crippen LogP contribution in [0.2, 0.25) is 5.02 Å². The summed E-state index contributed by atoms with van der Waals surface area (Å²) in [4.78, 5) is 59.3. The van der Waals surface area contributed by atoms with Gasteiger partial charge in [-0.1, -0.05) is 65.6 Å². The van der Waals surface area contributed by atoms with Gasteiger partial charge >= 0.3 is 11.9 Å². The quantitative estimate of drug-likeness (QED) is 0.177. The summed E-state index contributed by atoms with van der Waals surface area (Å²) in [5.41, 5.74) is 0.359. The van der Waals surface area contributed by atoms with Gasteiger partial charge < -0.3 is 25.2 Å². The predicted molar refractivity (Wildman–Crippen MR) is 225 cm³/mol. The Morgan fingerprint density at radius 3 is 2.28 bits per heavy atom. The van der Waals surface area contributed by atoms with Gasteiger partial charge in [-0.25, -0.2) is 0 Å². The third kappa shape index (κ3) is 7.06. The molecule has 10 atom stereocenters. The number of carboxylic acid groups (broad SMARTS) is 1. The molecule has 0 aliphatic heterocycles. The number of carboxylic acids is 1. The molecule has 58 heavy (non-hydrogen) atoms. The van der Waals surface area contributed by atoms with Gasteiger partial charge in [0.1, 0.15) is 6.10 Å². The molecule has 0 spiro atoms. The molecule has 1 heterocycles. The lowest BCUT2D eigenvalue weighted by atomic mass is 9.33. The number of Topliss-reactive ketones (excluding diaryl/α,β-unsaturated/α-hetero) is 1. The molecule has 6 rings (SSSR count). The van der Waals surface area contributed by atoms with Crippen molar-refractivity contribution in [2.45, 2.75) is 152 Å². The number of allylic oxidation sites excluding steroid dienone is 1. The number of aliphatic hydroxyl groups excluding tert-OH is 1. The number of rotatable bonds is 12. The minimum Gasteiger partial charge on any atom is -0.481 e. The van der Waals surface area contributed by atoms with Crippen molar-refractivity contribution in [2.24, 2.45) is 56.2 Å². The van der Waals surface area contributed by atoms with Crippen LogP contribution in [0.1, 0.15) is 145 Å². The fourth-order valence-electron chi connectivity index (χ4n) is 13.8. The Labute approximate surface area is 351 Å². The average molecular weight is 825 g/mol. The maximum absolute atomic E-state index is 14.3. The van der Waals surface area contributed by atoms with Crippen molar-refractivity contribution in [2.75, 3.05) is 20.1 Å². The number of ketones is 1. The van der Waals surface area contributed by atoms with Crippen LogP contribution in [0.4, 0.5) is 0 Å². The van der Waals surface area contributed by atoms with E-state index in [0.29, 0.717) is 29.0 Å². The summed E-state index contributed by atoms with van der Waals surface area (Å²) in [5, 5.41) is 25.8. The first-order valence-electron chi connectivity index (χ1n) is 21.9. The zero-order chi connectivity index (χ0) is 43.0. The van der Waals surface area contributed by atoms with Crippen LogP contribution in [0.15, 0.2) is 29.5 Å². The fraction of sp³-hybridized carbons (Fsp3) is 0.766. The Bertz CT molecular complexity index is 1830. The first-order chi connectivity index (χ1) is 26.9. The molecule has 4 saturated carbocycles. The molecule has 3 N–H and O–H groups in total. The fourth-order valence-corrected chi connectivity index (χ4v) is 13.9. The minimum atomic E-state index is -1.19.